The quantitative estimate of drug-likeness (QED) is 0.0565. The number of hydrogen-bond acceptors (Lipinski definition) is 30. The number of rotatable bonds is 17. The lowest BCUT2D eigenvalue weighted by atomic mass is 10.1. The average Bonchev–Trinajstić information content (AvgIpc) is 3.84. The molecule has 3 aromatic heterocycles. The van der Waals surface area contributed by atoms with Gasteiger partial charge in [0, 0.05) is 0 Å². The van der Waals surface area contributed by atoms with Gasteiger partial charge in [-0.15, -0.1) is 0 Å². The molecule has 414 valence electrons. The van der Waals surface area contributed by atoms with Crippen LogP contribution < -0.4 is 48.5 Å². The molecule has 0 saturated carbocycles. The van der Waals surface area contributed by atoms with Gasteiger partial charge >= 0.3 is 46.6 Å². The summed E-state index contributed by atoms with van der Waals surface area (Å²) in [5.74, 6) is -0.331. The molecule has 6 heterocycles. The second kappa shape index (κ2) is 24.9. The molecule has 0 spiro atoms. The Labute approximate surface area is 416 Å². The minimum absolute atomic E-state index is 0.0680. The molecule has 0 radical (unpaired) electrons. The van der Waals surface area contributed by atoms with Crippen molar-refractivity contribution < 1.29 is 120 Å². The average molecular weight is 1180 g/mol. The highest BCUT2D eigenvalue weighted by molar-refractivity contribution is 8.05. The van der Waals surface area contributed by atoms with Gasteiger partial charge < -0.3 is 105 Å². The number of methoxy groups -OCH3 is 3. The summed E-state index contributed by atoms with van der Waals surface area (Å²) in [6.45, 7) is -1.98. The number of hydrogen-bond donors (Lipinski definition) is 14. The molecule has 3 aliphatic rings. The number of ether oxygens (including phenoxy) is 6. The first kappa shape index (κ1) is 61.8. The number of aliphatic hydroxyl groups is 7. The molecule has 5 unspecified atom stereocenters. The number of aliphatic hydroxyl groups excluding tert-OH is 7. The first-order valence-electron chi connectivity index (χ1n) is 19.5. The minimum Gasteiger partial charge on any atom is -0.491 e. The van der Waals surface area contributed by atoms with E-state index in [4.69, 9.17) is 87.9 Å². The van der Waals surface area contributed by atoms with Crippen LogP contribution in [0.5, 0.6) is 17.2 Å². The molecule has 6 rings (SSSR count). The van der Waals surface area contributed by atoms with Crippen molar-refractivity contribution in [2.45, 2.75) is 73.6 Å². The zero-order chi connectivity index (χ0) is 55.3. The summed E-state index contributed by atoms with van der Waals surface area (Å²) in [7, 11) is -12.9. The van der Waals surface area contributed by atoms with E-state index in [1.54, 1.807) is 0 Å². The predicted octanol–water partition coefficient (Wildman–Crippen LogP) is -4.70. The Kier molecular flexibility index (Phi) is 21.1. The lowest BCUT2D eigenvalue weighted by molar-refractivity contribution is -0.0551. The Hall–Kier alpha value is -3.78. The first-order valence-corrected chi connectivity index (χ1v) is 27.5. The Morgan fingerprint density at radius 2 is 0.863 bits per heavy atom. The fourth-order valence-corrected chi connectivity index (χ4v) is 10.0. The highest BCUT2D eigenvalue weighted by Gasteiger charge is 2.48. The molecule has 37 nitrogen and oxygen atoms in total. The van der Waals surface area contributed by atoms with Gasteiger partial charge in [-0.25, -0.2) is 28.1 Å². The van der Waals surface area contributed by atoms with Crippen molar-refractivity contribution >= 4 is 69.5 Å². The van der Waals surface area contributed by atoms with Gasteiger partial charge in [0.1, 0.15) is 54.9 Å². The molecular weight excluding hydrogens is 1130 g/mol. The van der Waals surface area contributed by atoms with E-state index in [9.17, 15) is 68.2 Å². The number of phosphoric acid groups is 3. The molecule has 43 heteroatoms. The maximum Gasteiger partial charge on any atom is 0.490 e. The molecule has 14 atom stereocenters. The molecule has 0 aliphatic carbocycles. The van der Waals surface area contributed by atoms with Crippen LogP contribution in [0.3, 0.4) is 0 Å². The van der Waals surface area contributed by atoms with Gasteiger partial charge in [-0.05, 0) is 22.5 Å². The molecule has 3 aromatic rings. The number of aromatic nitrogens is 6. The van der Waals surface area contributed by atoms with E-state index in [0.717, 1.165) is 15.3 Å². The molecule has 3 saturated heterocycles. The van der Waals surface area contributed by atoms with Crippen LogP contribution in [0.4, 0.5) is 17.5 Å². The Morgan fingerprint density at radius 1 is 0.548 bits per heavy atom. The van der Waals surface area contributed by atoms with E-state index in [-0.39, 0.29) is 34.7 Å². The fraction of sp³-hybridized carbons (Fsp3) is 0.600. The maximum absolute atomic E-state index is 12.0. The van der Waals surface area contributed by atoms with Gasteiger partial charge in [-0.3, -0.25) is 22.8 Å². The number of nitrogens with two attached hydrogens (primary N) is 3. The molecule has 73 heavy (non-hydrogen) atoms. The van der Waals surface area contributed by atoms with Crippen molar-refractivity contribution in [2.75, 3.05) is 58.4 Å². The van der Waals surface area contributed by atoms with E-state index in [1.165, 1.54) is 33.7 Å². The van der Waals surface area contributed by atoms with Crippen LogP contribution in [-0.4, -0.2) is 180 Å². The standard InChI is InChI=1S/C10H14Cl2N3O7P.C10H18N3O15P3.C10H15N3O6/c1-20-4-2-15(10(18)14-8(4)13)9-7(17)6(16)5(22-9)3-21-23(11,12)19;1-24-4-2-13(10(16)12-8(4)11)9-7(15)6(14)5(26-9)3-25-30(20,21)28-31(22,23)27-29(17,18)19;1-18-4-2-13(10(17)12-8(4)11)9-7(16)6(15)5(3-14)19-9/h2,5-7,9,16-17H,3H2,1H3,(H2,13,14,18);2,5-7,9,14-15H,3H2,1H3,(H,20,21)(H,22,23)(H2,11,12,16)(H2,17,18,19);2,5-7,9,14-16H,3H2,1H3,(H2,11,12,17)/t3*5-,6?,7+,9-/m111/s1. The highest BCUT2D eigenvalue weighted by Crippen LogP contribution is 2.66. The number of nitrogen functional groups attached to an aromatic ring is 3. The summed E-state index contributed by atoms with van der Waals surface area (Å²) in [6.07, 6.45) is -17.3. The van der Waals surface area contributed by atoms with Crippen molar-refractivity contribution in [3.05, 3.63) is 50.0 Å². The monoisotopic (exact) mass is 1180 g/mol. The topological polar surface area (TPSA) is 566 Å². The molecule has 0 bridgehead atoms. The van der Waals surface area contributed by atoms with E-state index >= 15 is 0 Å². The van der Waals surface area contributed by atoms with Gasteiger partial charge in [0.25, 0.3) is 0 Å². The van der Waals surface area contributed by atoms with Crippen molar-refractivity contribution in [2.24, 2.45) is 0 Å². The number of nitrogens with zero attached hydrogens (tertiary/aromatic N) is 6. The largest absolute Gasteiger partial charge is 0.491 e. The van der Waals surface area contributed by atoms with E-state index in [1.807, 2.05) is 0 Å². The highest BCUT2D eigenvalue weighted by atomic mass is 35.9. The third-order valence-electron chi connectivity index (χ3n) is 9.72. The smallest absolute Gasteiger partial charge is 0.490 e. The SMILES string of the molecule is COc1cn([C@@H]2O[C@H](CO)C(O)[C@@H]2O)c(=O)nc1N.COc1cn([C@@H]2O[C@H](COP(=O)(Cl)Cl)C(O)[C@@H]2O)c(=O)nc1N.COc1cn([C@@H]2O[C@H](COP(=O)(O)OP(=O)(O)OP(=O)(O)O)C(O)[C@@H]2O)c(=O)nc1N. The minimum atomic E-state index is -5.74. The number of anilines is 3. The normalized spacial score (nSPS) is 28.7. The molecule has 17 N–H and O–H groups in total. The summed E-state index contributed by atoms with van der Waals surface area (Å²) in [6, 6.07) is 0. The predicted molar refractivity (Wildman–Crippen MR) is 238 cm³/mol. The molecule has 3 fully saturated rings. The van der Waals surface area contributed by atoms with Crippen LogP contribution in [0.15, 0.2) is 33.0 Å². The van der Waals surface area contributed by atoms with Crippen LogP contribution in [-0.2, 0) is 50.1 Å². The maximum atomic E-state index is 12.0. The van der Waals surface area contributed by atoms with Crippen LogP contribution in [0.1, 0.15) is 18.7 Å². The molecule has 0 aromatic carbocycles. The van der Waals surface area contributed by atoms with Gasteiger partial charge in [0.05, 0.1) is 59.7 Å². The molecule has 0 amide bonds. The summed E-state index contributed by atoms with van der Waals surface area (Å²) < 4.78 is 93.9. The van der Waals surface area contributed by atoms with Crippen LogP contribution >= 0.6 is 52.0 Å². The third kappa shape index (κ3) is 16.1. The number of phosphoric ester groups is 1. The first-order chi connectivity index (χ1) is 33.7. The molecular formula is C30H47Cl2N9O28P4. The van der Waals surface area contributed by atoms with Crippen molar-refractivity contribution in [1.29, 1.82) is 0 Å². The van der Waals surface area contributed by atoms with Crippen molar-refractivity contribution in [1.82, 2.24) is 28.7 Å². The summed E-state index contributed by atoms with van der Waals surface area (Å²) in [4.78, 5) is 81.6. The van der Waals surface area contributed by atoms with E-state index < -0.39 is 140 Å². The third-order valence-corrected chi connectivity index (χ3v) is 14.6. The molecule has 3 aliphatic heterocycles. The Morgan fingerprint density at radius 3 is 1.15 bits per heavy atom. The van der Waals surface area contributed by atoms with Crippen LogP contribution in [0, 0.1) is 0 Å². The lowest BCUT2D eigenvalue weighted by Crippen LogP contribution is -2.36. The van der Waals surface area contributed by atoms with E-state index in [0.29, 0.717) is 4.57 Å². The number of halogens is 2. The summed E-state index contributed by atoms with van der Waals surface area (Å²) in [5.41, 5.74) is 13.9. The van der Waals surface area contributed by atoms with Crippen LogP contribution in [0.25, 0.3) is 0 Å². The Balaban J connectivity index is 0.000000245. The zero-order valence-corrected chi connectivity index (χ0v) is 42.2. The second-order valence-electron chi connectivity index (χ2n) is 14.6. The second-order valence-corrected chi connectivity index (χ2v) is 23.3. The van der Waals surface area contributed by atoms with Gasteiger partial charge in [-0.2, -0.15) is 23.6 Å². The Bertz CT molecular complexity index is 2790. The fourth-order valence-electron chi connectivity index (χ4n) is 6.34. The van der Waals surface area contributed by atoms with E-state index in [2.05, 4.69) is 32.6 Å². The summed E-state index contributed by atoms with van der Waals surface area (Å²) in [5, 5.41) is 68.6. The van der Waals surface area contributed by atoms with Crippen molar-refractivity contribution in [3.8, 4) is 17.2 Å². The van der Waals surface area contributed by atoms with Crippen molar-refractivity contribution in [3.63, 3.8) is 0 Å². The zero-order valence-electron chi connectivity index (χ0n) is 37.1. The van der Waals surface area contributed by atoms with Gasteiger partial charge in [-0.1, -0.05) is 0 Å². The lowest BCUT2D eigenvalue weighted by Gasteiger charge is -2.19. The van der Waals surface area contributed by atoms with Crippen LogP contribution in [0.2, 0.25) is 0 Å². The van der Waals surface area contributed by atoms with Gasteiger partial charge in [0.2, 0.25) is 0 Å². The summed E-state index contributed by atoms with van der Waals surface area (Å²) >= 11 is 10.5. The van der Waals surface area contributed by atoms with Gasteiger partial charge in [0.15, 0.2) is 53.4 Å².